The van der Waals surface area contributed by atoms with E-state index in [1.54, 1.807) is 0 Å². The molecule has 0 aliphatic rings. The van der Waals surface area contributed by atoms with E-state index >= 15 is 0 Å². The fourth-order valence-electron chi connectivity index (χ4n) is 9.35. The minimum atomic E-state index is -0.817. The highest BCUT2D eigenvalue weighted by atomic mass is 16.6. The third kappa shape index (κ3) is 77.9. The van der Waals surface area contributed by atoms with Crippen LogP contribution in [0.15, 0.2) is 255 Å². The summed E-state index contributed by atoms with van der Waals surface area (Å²) in [4.78, 5) is 24.7. The summed E-state index contributed by atoms with van der Waals surface area (Å²) in [6.07, 6.45) is 134. The quantitative estimate of drug-likeness (QED) is 0.0373. The first-order valence-electron chi connectivity index (χ1n) is 37.2. The van der Waals surface area contributed by atoms with Crippen LogP contribution in [0.4, 0.5) is 0 Å². The van der Waals surface area contributed by atoms with Gasteiger partial charge in [-0.1, -0.05) is 340 Å². The summed E-state index contributed by atoms with van der Waals surface area (Å²) in [6.45, 7) is 3.86. The average molecular weight is 1280 g/mol. The molecule has 1 N–H and O–H groups in total. The summed E-state index contributed by atoms with van der Waals surface area (Å²) in [5.41, 5.74) is 0. The van der Waals surface area contributed by atoms with Crippen molar-refractivity contribution in [2.45, 2.75) is 277 Å². The molecule has 520 valence electrons. The van der Waals surface area contributed by atoms with Crippen LogP contribution in [0, 0.1) is 0 Å². The monoisotopic (exact) mass is 1280 g/mol. The average Bonchev–Trinajstić information content (AvgIpc) is 3.65. The maximum Gasteiger partial charge on any atom is 0.306 e. The van der Waals surface area contributed by atoms with Gasteiger partial charge in [0.25, 0.3) is 0 Å². The molecule has 0 bridgehead atoms. The number of esters is 2. The van der Waals surface area contributed by atoms with Gasteiger partial charge >= 0.3 is 11.9 Å². The van der Waals surface area contributed by atoms with Gasteiger partial charge in [-0.15, -0.1) is 0 Å². The first-order chi connectivity index (χ1) is 46.6. The van der Waals surface area contributed by atoms with Gasteiger partial charge in [0.1, 0.15) is 6.61 Å². The SMILES string of the molecule is CC/C=C\C/C=C\C/C=C\C/C=C\C/C=C\C/C=C\C/C=C\C/C=C\C/C=C\C/C=C\C/C=C\C/C=C\CCCCC(=O)OC(CO)COC(=O)CCCCCCCCCCCCCCC/C=C\C/C=C\C/C=C\C/C=C\C/C=C\C/C=C\C/C=C\C/C=C\C/C=C\CC. The van der Waals surface area contributed by atoms with Crippen molar-refractivity contribution in [2.24, 2.45) is 0 Å². The normalized spacial score (nSPS) is 13.8. The Bertz CT molecular complexity index is 2350. The molecule has 0 heterocycles. The molecule has 0 saturated carbocycles. The van der Waals surface area contributed by atoms with Crippen LogP contribution < -0.4 is 0 Å². The maximum atomic E-state index is 12.4. The zero-order chi connectivity index (χ0) is 67.5. The molecule has 94 heavy (non-hydrogen) atoms. The van der Waals surface area contributed by atoms with Gasteiger partial charge in [-0.2, -0.15) is 0 Å². The van der Waals surface area contributed by atoms with Crippen LogP contribution in [-0.4, -0.2) is 36.4 Å². The molecule has 0 fully saturated rings. The van der Waals surface area contributed by atoms with Gasteiger partial charge in [0.15, 0.2) is 6.10 Å². The van der Waals surface area contributed by atoms with Crippen LogP contribution in [0.2, 0.25) is 0 Å². The van der Waals surface area contributed by atoms with E-state index in [-0.39, 0.29) is 31.6 Å². The Morgan fingerprint density at radius 3 is 0.660 bits per heavy atom. The topological polar surface area (TPSA) is 72.8 Å². The Hall–Kier alpha value is -6.56. The molecule has 0 aromatic heterocycles. The standard InChI is InChI=1S/C89H134O5/c1-3-5-7-9-11-13-15-17-19-21-23-25-27-29-31-33-35-37-39-41-43-44-46-47-49-51-53-55-57-59-61-63-65-67-69-71-73-75-77-79-81-83-88(91)93-86-87(85-90)94-89(92)84-82-80-78-76-74-72-70-68-66-64-62-60-58-56-54-52-50-48-45-42-40-38-36-34-32-30-28-26-24-22-20-18-16-14-12-10-8-6-4-2/h5-8,11-14,17-20,23-26,29-32,35-38,41-43,45-47,50-53,56,58,62,64,68,70,74,76,87,90H,3-4,9-10,15-16,21-22,27-28,33-34,39-40,44,48-49,54-55,57,59-61,63,65-67,69,71-73,75,77-86H2,1-2H3/b7-5-,8-6-,13-11-,14-12-,19-17-,20-18-,25-23-,26-24-,31-29-,32-30-,37-35-,38-36-,43-41-,45-42-,47-46-,52-50-,53-51-,58-56-,64-62-,70-68-,76-74-. The molecule has 1 unspecified atom stereocenters. The molecule has 0 aromatic rings. The van der Waals surface area contributed by atoms with Crippen LogP contribution in [0.25, 0.3) is 0 Å². The number of carbonyl (C=O) groups is 2. The summed E-state index contributed by atoms with van der Waals surface area (Å²) >= 11 is 0. The number of ether oxygens (including phenoxy) is 2. The van der Waals surface area contributed by atoms with Crippen LogP contribution >= 0.6 is 0 Å². The first kappa shape index (κ1) is 87.4. The number of hydrogen-bond acceptors (Lipinski definition) is 5. The van der Waals surface area contributed by atoms with Gasteiger partial charge in [-0.3, -0.25) is 9.59 Å². The summed E-state index contributed by atoms with van der Waals surface area (Å²) in [7, 11) is 0. The second kappa shape index (κ2) is 80.7. The second-order valence-electron chi connectivity index (χ2n) is 23.6. The van der Waals surface area contributed by atoms with Crippen molar-refractivity contribution in [2.75, 3.05) is 13.2 Å². The fourth-order valence-corrected chi connectivity index (χ4v) is 9.35. The minimum Gasteiger partial charge on any atom is -0.462 e. The lowest BCUT2D eigenvalue weighted by Crippen LogP contribution is -2.28. The highest BCUT2D eigenvalue weighted by molar-refractivity contribution is 5.70. The number of carbonyl (C=O) groups excluding carboxylic acids is 2. The number of allylic oxidation sites excluding steroid dienone is 42. The van der Waals surface area contributed by atoms with E-state index in [0.717, 1.165) is 167 Å². The molecular formula is C89H134O5. The predicted molar refractivity (Wildman–Crippen MR) is 416 cm³/mol. The van der Waals surface area contributed by atoms with Gasteiger partial charge in [0.05, 0.1) is 6.61 Å². The van der Waals surface area contributed by atoms with Crippen LogP contribution in [0.3, 0.4) is 0 Å². The van der Waals surface area contributed by atoms with Gasteiger partial charge in [0, 0.05) is 12.8 Å². The van der Waals surface area contributed by atoms with Crippen molar-refractivity contribution in [3.05, 3.63) is 255 Å². The fraction of sp³-hybridized carbons (Fsp3) is 0.506. The largest absolute Gasteiger partial charge is 0.462 e. The smallest absolute Gasteiger partial charge is 0.306 e. The first-order valence-corrected chi connectivity index (χ1v) is 37.2. The number of aliphatic hydroxyl groups is 1. The second-order valence-corrected chi connectivity index (χ2v) is 23.6. The van der Waals surface area contributed by atoms with Crippen molar-refractivity contribution in [3.63, 3.8) is 0 Å². The van der Waals surface area contributed by atoms with Crippen LogP contribution in [0.5, 0.6) is 0 Å². The Morgan fingerprint density at radius 1 is 0.245 bits per heavy atom. The summed E-state index contributed by atoms with van der Waals surface area (Å²) in [6, 6.07) is 0. The van der Waals surface area contributed by atoms with E-state index in [4.69, 9.17) is 9.47 Å². The number of hydrogen-bond donors (Lipinski definition) is 1. The number of aliphatic hydroxyl groups excluding tert-OH is 1. The van der Waals surface area contributed by atoms with Crippen molar-refractivity contribution in [1.29, 1.82) is 0 Å². The molecule has 0 spiro atoms. The van der Waals surface area contributed by atoms with Crippen molar-refractivity contribution in [1.82, 2.24) is 0 Å². The van der Waals surface area contributed by atoms with Gasteiger partial charge < -0.3 is 14.6 Å². The molecule has 0 radical (unpaired) electrons. The van der Waals surface area contributed by atoms with Crippen molar-refractivity contribution in [3.8, 4) is 0 Å². The zero-order valence-corrected chi connectivity index (χ0v) is 59.6. The van der Waals surface area contributed by atoms with Crippen molar-refractivity contribution < 1.29 is 24.2 Å². The maximum absolute atomic E-state index is 12.4. The third-order valence-corrected chi connectivity index (χ3v) is 14.8. The Balaban J connectivity index is 3.66. The van der Waals surface area contributed by atoms with Gasteiger partial charge in [-0.25, -0.2) is 0 Å². The summed E-state index contributed by atoms with van der Waals surface area (Å²) in [5.74, 6) is -0.659. The Labute approximate surface area is 578 Å². The van der Waals surface area contributed by atoms with E-state index < -0.39 is 6.10 Å². The molecular weight excluding hydrogens is 1150 g/mol. The Kier molecular flexibility index (Phi) is 75.0. The molecule has 0 aromatic carbocycles. The third-order valence-electron chi connectivity index (χ3n) is 14.8. The highest BCUT2D eigenvalue weighted by Crippen LogP contribution is 2.15. The zero-order valence-electron chi connectivity index (χ0n) is 59.6. The van der Waals surface area contributed by atoms with E-state index in [9.17, 15) is 14.7 Å². The molecule has 1 atom stereocenters. The summed E-state index contributed by atoms with van der Waals surface area (Å²) < 4.78 is 10.7. The van der Waals surface area contributed by atoms with Crippen LogP contribution in [-0.2, 0) is 19.1 Å². The number of rotatable bonds is 65. The summed E-state index contributed by atoms with van der Waals surface area (Å²) in [5, 5.41) is 9.71. The molecule has 0 rings (SSSR count). The molecule has 5 nitrogen and oxygen atoms in total. The molecule has 0 saturated heterocycles. The van der Waals surface area contributed by atoms with E-state index in [1.165, 1.54) is 70.6 Å². The highest BCUT2D eigenvalue weighted by Gasteiger charge is 2.16. The van der Waals surface area contributed by atoms with Gasteiger partial charge in [0.2, 0.25) is 0 Å². The molecule has 5 heteroatoms. The lowest BCUT2D eigenvalue weighted by Gasteiger charge is -2.15. The van der Waals surface area contributed by atoms with E-state index in [0.29, 0.717) is 12.8 Å². The predicted octanol–water partition coefficient (Wildman–Crippen LogP) is 26.8. The lowest BCUT2D eigenvalue weighted by molar-refractivity contribution is -0.161. The minimum absolute atomic E-state index is 0.0998. The molecule has 0 amide bonds. The van der Waals surface area contributed by atoms with E-state index in [2.05, 4.69) is 269 Å². The van der Waals surface area contributed by atoms with Crippen LogP contribution in [0.1, 0.15) is 271 Å². The molecule has 0 aliphatic carbocycles. The Morgan fingerprint density at radius 2 is 0.426 bits per heavy atom. The van der Waals surface area contributed by atoms with Gasteiger partial charge in [-0.05, 0) is 173 Å². The number of unbranched alkanes of at least 4 members (excludes halogenated alkanes) is 15. The van der Waals surface area contributed by atoms with Crippen molar-refractivity contribution >= 4 is 11.9 Å². The molecule has 0 aliphatic heterocycles. The lowest BCUT2D eigenvalue weighted by atomic mass is 10.0. The van der Waals surface area contributed by atoms with E-state index in [1.807, 2.05) is 0 Å².